The van der Waals surface area contributed by atoms with Gasteiger partial charge in [-0.15, -0.1) is 0 Å². The predicted octanol–water partition coefficient (Wildman–Crippen LogP) is -0.379. The summed E-state index contributed by atoms with van der Waals surface area (Å²) in [6, 6.07) is 1.88. The number of hydrogen-bond donors (Lipinski definition) is 2. The first-order chi connectivity index (χ1) is 8.05. The number of nitrogens with two attached hydrogens (primary N) is 1. The second-order valence-electron chi connectivity index (χ2n) is 3.91. The number of nitrogens with zero attached hydrogens (tertiary/aromatic N) is 2. The van der Waals surface area contributed by atoms with E-state index in [-0.39, 0.29) is 5.75 Å². The smallest absolute Gasteiger partial charge is 0.211 e. The van der Waals surface area contributed by atoms with E-state index in [9.17, 15) is 8.42 Å². The summed E-state index contributed by atoms with van der Waals surface area (Å²) in [5.41, 5.74) is 6.32. The molecule has 0 saturated heterocycles. The largest absolute Gasteiger partial charge is 0.330 e. The van der Waals surface area contributed by atoms with Crippen molar-refractivity contribution in [3.05, 3.63) is 18.0 Å². The Balaban J connectivity index is 2.28. The zero-order valence-electron chi connectivity index (χ0n) is 10.1. The van der Waals surface area contributed by atoms with Crippen molar-refractivity contribution in [3.8, 4) is 0 Å². The van der Waals surface area contributed by atoms with Gasteiger partial charge in [0.15, 0.2) is 0 Å². The molecule has 0 aromatic carbocycles. The van der Waals surface area contributed by atoms with E-state index in [0.717, 1.165) is 12.1 Å². The highest BCUT2D eigenvalue weighted by atomic mass is 32.2. The Morgan fingerprint density at radius 3 is 2.82 bits per heavy atom. The van der Waals surface area contributed by atoms with Gasteiger partial charge in [-0.05, 0) is 25.5 Å². The van der Waals surface area contributed by atoms with Gasteiger partial charge in [-0.25, -0.2) is 13.1 Å². The molecule has 0 saturated carbocycles. The van der Waals surface area contributed by atoms with Gasteiger partial charge in [-0.1, -0.05) is 0 Å². The average Bonchev–Trinajstić information content (AvgIpc) is 2.64. The van der Waals surface area contributed by atoms with Gasteiger partial charge < -0.3 is 5.73 Å². The van der Waals surface area contributed by atoms with Crippen molar-refractivity contribution < 1.29 is 8.42 Å². The van der Waals surface area contributed by atoms with Crippen molar-refractivity contribution in [1.82, 2.24) is 14.5 Å². The molecule has 0 aliphatic rings. The summed E-state index contributed by atoms with van der Waals surface area (Å²) in [7, 11) is -1.32. The van der Waals surface area contributed by atoms with Gasteiger partial charge in [0.2, 0.25) is 10.0 Å². The predicted molar refractivity (Wildman–Crippen MR) is 67.0 cm³/mol. The van der Waals surface area contributed by atoms with Gasteiger partial charge in [0, 0.05) is 31.9 Å². The van der Waals surface area contributed by atoms with Crippen LogP contribution >= 0.6 is 0 Å². The lowest BCUT2D eigenvalue weighted by molar-refractivity contribution is 0.575. The minimum atomic E-state index is -3.16. The standard InChI is InChI=1S/C10H20N4O2S/c1-14-10(4-7-12-14)5-8-13-17(15,16)9-3-2-6-11/h4,7,13H,2-3,5-6,8-9,11H2,1H3. The summed E-state index contributed by atoms with van der Waals surface area (Å²) < 4.78 is 27.4. The molecule has 1 aromatic rings. The topological polar surface area (TPSA) is 90.0 Å². The fourth-order valence-corrected chi connectivity index (χ4v) is 2.63. The monoisotopic (exact) mass is 260 g/mol. The highest BCUT2D eigenvalue weighted by Crippen LogP contribution is 1.98. The summed E-state index contributed by atoms with van der Waals surface area (Å²) in [6.45, 7) is 0.940. The number of sulfonamides is 1. The van der Waals surface area contributed by atoms with Gasteiger partial charge in [-0.2, -0.15) is 5.10 Å². The molecule has 0 unspecified atom stereocenters. The number of aryl methyl sites for hydroxylation is 1. The summed E-state index contributed by atoms with van der Waals surface area (Å²) in [5, 5.41) is 4.02. The van der Waals surface area contributed by atoms with Crippen molar-refractivity contribution in [2.24, 2.45) is 12.8 Å². The first kappa shape index (κ1) is 14.1. The fourth-order valence-electron chi connectivity index (χ4n) is 1.49. The normalized spacial score (nSPS) is 11.9. The lowest BCUT2D eigenvalue weighted by atomic mass is 10.3. The van der Waals surface area contributed by atoms with Gasteiger partial charge in [-0.3, -0.25) is 4.68 Å². The highest BCUT2D eigenvalue weighted by Gasteiger charge is 2.09. The number of nitrogens with one attached hydrogen (secondary N) is 1. The van der Waals surface area contributed by atoms with Crippen LogP contribution in [0.2, 0.25) is 0 Å². The molecule has 0 spiro atoms. The van der Waals surface area contributed by atoms with Crippen LogP contribution < -0.4 is 10.5 Å². The molecule has 0 fully saturated rings. The quantitative estimate of drug-likeness (QED) is 0.624. The zero-order chi connectivity index (χ0) is 12.7. The van der Waals surface area contributed by atoms with Crippen molar-refractivity contribution in [3.63, 3.8) is 0 Å². The minimum absolute atomic E-state index is 0.148. The van der Waals surface area contributed by atoms with Crippen LogP contribution in [0.25, 0.3) is 0 Å². The summed E-state index contributed by atoms with van der Waals surface area (Å²) >= 11 is 0. The molecule has 0 aliphatic heterocycles. The second-order valence-corrected chi connectivity index (χ2v) is 5.83. The van der Waals surface area contributed by atoms with Crippen LogP contribution in [0.4, 0.5) is 0 Å². The molecule has 1 rings (SSSR count). The van der Waals surface area contributed by atoms with E-state index in [1.807, 2.05) is 13.1 Å². The van der Waals surface area contributed by atoms with Gasteiger partial charge >= 0.3 is 0 Å². The summed E-state index contributed by atoms with van der Waals surface area (Å²) in [4.78, 5) is 0. The molecule has 1 aromatic heterocycles. The molecule has 17 heavy (non-hydrogen) atoms. The van der Waals surface area contributed by atoms with Crippen LogP contribution in [0.1, 0.15) is 18.5 Å². The molecule has 3 N–H and O–H groups in total. The third-order valence-electron chi connectivity index (χ3n) is 2.49. The molecule has 0 atom stereocenters. The lowest BCUT2D eigenvalue weighted by Crippen LogP contribution is -2.29. The van der Waals surface area contributed by atoms with E-state index in [0.29, 0.717) is 25.9 Å². The van der Waals surface area contributed by atoms with E-state index in [1.54, 1.807) is 10.9 Å². The zero-order valence-corrected chi connectivity index (χ0v) is 10.9. The number of aromatic nitrogens is 2. The Morgan fingerprint density at radius 2 is 2.24 bits per heavy atom. The highest BCUT2D eigenvalue weighted by molar-refractivity contribution is 7.89. The molecule has 0 radical (unpaired) electrons. The van der Waals surface area contributed by atoms with Crippen LogP contribution in [0.3, 0.4) is 0 Å². The van der Waals surface area contributed by atoms with E-state index in [1.165, 1.54) is 0 Å². The second kappa shape index (κ2) is 6.73. The molecule has 98 valence electrons. The first-order valence-corrected chi connectivity index (χ1v) is 7.34. The number of rotatable bonds is 8. The third kappa shape index (κ3) is 5.29. The van der Waals surface area contributed by atoms with Gasteiger partial charge in [0.1, 0.15) is 0 Å². The Bertz CT molecular complexity index is 427. The molecule has 0 aliphatic carbocycles. The molecular weight excluding hydrogens is 240 g/mol. The van der Waals surface area contributed by atoms with E-state index in [2.05, 4.69) is 9.82 Å². The molecule has 7 heteroatoms. The molecule has 0 bridgehead atoms. The first-order valence-electron chi connectivity index (χ1n) is 5.69. The van der Waals surface area contributed by atoms with Crippen LogP contribution in [0.5, 0.6) is 0 Å². The molecule has 1 heterocycles. The number of unbranched alkanes of at least 4 members (excludes halogenated alkanes) is 1. The number of hydrogen-bond acceptors (Lipinski definition) is 4. The van der Waals surface area contributed by atoms with Crippen molar-refractivity contribution >= 4 is 10.0 Å². The Labute approximate surface area is 102 Å². The summed E-state index contributed by atoms with van der Waals surface area (Å²) in [6.07, 6.45) is 3.69. The molecule has 6 nitrogen and oxygen atoms in total. The maximum atomic E-state index is 11.5. The molecular formula is C10H20N4O2S. The minimum Gasteiger partial charge on any atom is -0.330 e. The van der Waals surface area contributed by atoms with E-state index < -0.39 is 10.0 Å². The Kier molecular flexibility index (Phi) is 5.60. The van der Waals surface area contributed by atoms with Gasteiger partial charge in [0.05, 0.1) is 5.75 Å². The van der Waals surface area contributed by atoms with Crippen LogP contribution in [0, 0.1) is 0 Å². The van der Waals surface area contributed by atoms with E-state index >= 15 is 0 Å². The van der Waals surface area contributed by atoms with Crippen molar-refractivity contribution in [2.75, 3.05) is 18.8 Å². The fraction of sp³-hybridized carbons (Fsp3) is 0.700. The Morgan fingerprint density at radius 1 is 1.47 bits per heavy atom. The summed E-state index contributed by atoms with van der Waals surface area (Å²) in [5.74, 6) is 0.148. The maximum Gasteiger partial charge on any atom is 0.211 e. The maximum absolute atomic E-state index is 11.5. The molecule has 0 amide bonds. The lowest BCUT2D eigenvalue weighted by Gasteiger charge is -2.06. The van der Waals surface area contributed by atoms with Crippen molar-refractivity contribution in [1.29, 1.82) is 0 Å². The van der Waals surface area contributed by atoms with Crippen LogP contribution in [0.15, 0.2) is 12.3 Å². The third-order valence-corrected chi connectivity index (χ3v) is 3.96. The van der Waals surface area contributed by atoms with E-state index in [4.69, 9.17) is 5.73 Å². The average molecular weight is 260 g/mol. The SMILES string of the molecule is Cn1nccc1CCNS(=O)(=O)CCCCN. The van der Waals surface area contributed by atoms with Crippen LogP contribution in [-0.4, -0.2) is 37.0 Å². The Hall–Kier alpha value is -0.920. The van der Waals surface area contributed by atoms with Crippen molar-refractivity contribution in [2.45, 2.75) is 19.3 Å². The van der Waals surface area contributed by atoms with Gasteiger partial charge in [0.25, 0.3) is 0 Å². The van der Waals surface area contributed by atoms with Crippen LogP contribution in [-0.2, 0) is 23.5 Å².